The third-order valence-corrected chi connectivity index (χ3v) is 1.66. The zero-order valence-electron chi connectivity index (χ0n) is 6.82. The van der Waals surface area contributed by atoms with E-state index in [1.165, 1.54) is 13.8 Å². The Morgan fingerprint density at radius 3 is 2.36 bits per heavy atom. The van der Waals surface area contributed by atoms with Crippen LogP contribution in [0.25, 0.3) is 0 Å². The fourth-order valence-electron chi connectivity index (χ4n) is 0.851. The Labute approximate surface area is 66.0 Å². The zero-order valence-corrected chi connectivity index (χ0v) is 6.82. The number of hydrogen-bond donors (Lipinski definition) is 3. The van der Waals surface area contributed by atoms with E-state index in [2.05, 4.69) is 0 Å². The van der Waals surface area contributed by atoms with E-state index in [-0.39, 0.29) is 6.42 Å². The molecule has 0 aromatic heterocycles. The fraction of sp³-hybridized carbons (Fsp3) is 0.857. The minimum Gasteiger partial charge on any atom is -0.391 e. The Bertz CT molecular complexity index is 134. The number of rotatable bonds is 4. The summed E-state index contributed by atoms with van der Waals surface area (Å²) in [5, 5.41) is 18.2. The number of carbonyl (C=O) groups excluding carboxylic acids is 1. The molecule has 0 radical (unpaired) electrons. The first-order chi connectivity index (χ1) is 4.91. The Morgan fingerprint density at radius 2 is 2.09 bits per heavy atom. The molecule has 0 rings (SSSR count). The van der Waals surface area contributed by atoms with Crippen molar-refractivity contribution in [1.29, 1.82) is 0 Å². The van der Waals surface area contributed by atoms with E-state index in [0.717, 1.165) is 0 Å². The summed E-state index contributed by atoms with van der Waals surface area (Å²) in [4.78, 5) is 10.1. The highest BCUT2D eigenvalue weighted by Gasteiger charge is 2.31. The van der Waals surface area contributed by atoms with E-state index in [1.54, 1.807) is 0 Å². The SMILES string of the molecule is C[C@H](O)[C@@H](O)[C@@](C)(N)CC=O. The molecule has 0 heterocycles. The standard InChI is InChI=1S/C7H15NO3/c1-5(10)6(11)7(2,8)3-4-9/h4-6,10-11H,3,8H2,1-2H3/t5-,6+,7-/m0/s1. The van der Waals surface area contributed by atoms with Crippen LogP contribution in [0.4, 0.5) is 0 Å². The smallest absolute Gasteiger partial charge is 0.121 e. The van der Waals surface area contributed by atoms with Crippen LogP contribution in [-0.4, -0.2) is 34.2 Å². The number of aldehydes is 1. The van der Waals surface area contributed by atoms with Crippen LogP contribution < -0.4 is 5.73 Å². The van der Waals surface area contributed by atoms with Gasteiger partial charge in [-0.3, -0.25) is 0 Å². The summed E-state index contributed by atoms with van der Waals surface area (Å²) < 4.78 is 0. The molecule has 0 aliphatic heterocycles. The van der Waals surface area contributed by atoms with Gasteiger partial charge in [0.1, 0.15) is 6.29 Å². The molecule has 0 aliphatic carbocycles. The molecule has 4 nitrogen and oxygen atoms in total. The van der Waals surface area contributed by atoms with E-state index in [0.29, 0.717) is 6.29 Å². The lowest BCUT2D eigenvalue weighted by Crippen LogP contribution is -2.53. The quantitative estimate of drug-likeness (QED) is 0.463. The predicted molar refractivity (Wildman–Crippen MR) is 41.0 cm³/mol. The van der Waals surface area contributed by atoms with Crippen LogP contribution in [0.15, 0.2) is 0 Å². The van der Waals surface area contributed by atoms with Crippen molar-refractivity contribution in [2.24, 2.45) is 5.73 Å². The van der Waals surface area contributed by atoms with Crippen molar-refractivity contribution in [2.75, 3.05) is 0 Å². The number of aliphatic hydroxyl groups is 2. The highest BCUT2D eigenvalue weighted by Crippen LogP contribution is 2.12. The van der Waals surface area contributed by atoms with Gasteiger partial charge >= 0.3 is 0 Å². The van der Waals surface area contributed by atoms with Crippen molar-refractivity contribution in [3.05, 3.63) is 0 Å². The largest absolute Gasteiger partial charge is 0.391 e. The number of carbonyl (C=O) groups is 1. The molecule has 0 fully saturated rings. The maximum atomic E-state index is 10.1. The molecule has 0 aliphatic rings. The summed E-state index contributed by atoms with van der Waals surface area (Å²) in [6.07, 6.45) is -1.30. The predicted octanol–water partition coefficient (Wildman–Crippen LogP) is -0.966. The second-order valence-corrected chi connectivity index (χ2v) is 3.06. The Kier molecular flexibility index (Phi) is 3.65. The normalized spacial score (nSPS) is 21.9. The summed E-state index contributed by atoms with van der Waals surface area (Å²) in [6.45, 7) is 2.96. The lowest BCUT2D eigenvalue weighted by molar-refractivity contribution is -0.110. The molecular weight excluding hydrogens is 146 g/mol. The van der Waals surface area contributed by atoms with Gasteiger partial charge < -0.3 is 20.7 Å². The molecule has 0 spiro atoms. The lowest BCUT2D eigenvalue weighted by atomic mass is 9.90. The van der Waals surface area contributed by atoms with E-state index in [1.807, 2.05) is 0 Å². The molecule has 0 saturated heterocycles. The molecule has 4 heteroatoms. The summed E-state index contributed by atoms with van der Waals surface area (Å²) in [7, 11) is 0. The maximum absolute atomic E-state index is 10.1. The van der Waals surface area contributed by atoms with Crippen LogP contribution in [0, 0.1) is 0 Å². The molecule has 0 saturated carbocycles. The third-order valence-electron chi connectivity index (χ3n) is 1.66. The number of nitrogens with two attached hydrogens (primary N) is 1. The van der Waals surface area contributed by atoms with Gasteiger partial charge in [-0.05, 0) is 13.8 Å². The molecule has 0 aromatic carbocycles. The van der Waals surface area contributed by atoms with Crippen LogP contribution in [-0.2, 0) is 4.79 Å². The first kappa shape index (κ1) is 10.6. The van der Waals surface area contributed by atoms with Gasteiger partial charge in [-0.15, -0.1) is 0 Å². The van der Waals surface area contributed by atoms with Crippen LogP contribution in [0.3, 0.4) is 0 Å². The molecule has 3 atom stereocenters. The van der Waals surface area contributed by atoms with E-state index in [9.17, 15) is 9.90 Å². The Balaban J connectivity index is 4.15. The Hall–Kier alpha value is -0.450. The van der Waals surface area contributed by atoms with Crippen LogP contribution >= 0.6 is 0 Å². The first-order valence-corrected chi connectivity index (χ1v) is 3.50. The molecule has 0 unspecified atom stereocenters. The highest BCUT2D eigenvalue weighted by molar-refractivity contribution is 5.51. The third kappa shape index (κ3) is 2.96. The van der Waals surface area contributed by atoms with Gasteiger partial charge in [0.25, 0.3) is 0 Å². The van der Waals surface area contributed by atoms with Gasteiger partial charge in [-0.25, -0.2) is 0 Å². The van der Waals surface area contributed by atoms with E-state index in [4.69, 9.17) is 10.8 Å². The Morgan fingerprint density at radius 1 is 1.64 bits per heavy atom. The topological polar surface area (TPSA) is 83.6 Å². The van der Waals surface area contributed by atoms with Gasteiger partial charge in [0.05, 0.1) is 12.2 Å². The van der Waals surface area contributed by atoms with Gasteiger partial charge in [0, 0.05) is 12.0 Å². The number of aliphatic hydroxyl groups excluding tert-OH is 2. The molecule has 0 amide bonds. The van der Waals surface area contributed by atoms with Crippen molar-refractivity contribution < 1.29 is 15.0 Å². The van der Waals surface area contributed by atoms with Crippen molar-refractivity contribution in [1.82, 2.24) is 0 Å². The van der Waals surface area contributed by atoms with E-state index < -0.39 is 17.7 Å². The summed E-state index contributed by atoms with van der Waals surface area (Å²) in [5.41, 5.74) is 4.50. The van der Waals surface area contributed by atoms with Crippen LogP contribution in [0.5, 0.6) is 0 Å². The van der Waals surface area contributed by atoms with Crippen molar-refractivity contribution in [3.63, 3.8) is 0 Å². The maximum Gasteiger partial charge on any atom is 0.121 e. The highest BCUT2D eigenvalue weighted by atomic mass is 16.3. The van der Waals surface area contributed by atoms with Gasteiger partial charge in [-0.1, -0.05) is 0 Å². The van der Waals surface area contributed by atoms with Crippen LogP contribution in [0.2, 0.25) is 0 Å². The monoisotopic (exact) mass is 161 g/mol. The molecule has 0 bridgehead atoms. The average molecular weight is 161 g/mol. The van der Waals surface area contributed by atoms with Crippen molar-refractivity contribution >= 4 is 6.29 Å². The average Bonchev–Trinajstić information content (AvgIpc) is 1.86. The molecule has 11 heavy (non-hydrogen) atoms. The zero-order chi connectivity index (χ0) is 9.07. The minimum absolute atomic E-state index is 0.0407. The fourth-order valence-corrected chi connectivity index (χ4v) is 0.851. The summed E-state index contributed by atoms with van der Waals surface area (Å²) in [6, 6.07) is 0. The molecular formula is C7H15NO3. The molecule has 66 valence electrons. The van der Waals surface area contributed by atoms with E-state index >= 15 is 0 Å². The van der Waals surface area contributed by atoms with Gasteiger partial charge in [0.2, 0.25) is 0 Å². The van der Waals surface area contributed by atoms with Crippen molar-refractivity contribution in [2.45, 2.75) is 38.0 Å². The summed E-state index contributed by atoms with van der Waals surface area (Å²) >= 11 is 0. The summed E-state index contributed by atoms with van der Waals surface area (Å²) in [5.74, 6) is 0. The van der Waals surface area contributed by atoms with Crippen molar-refractivity contribution in [3.8, 4) is 0 Å². The molecule has 4 N–H and O–H groups in total. The molecule has 0 aromatic rings. The number of hydrogen-bond acceptors (Lipinski definition) is 4. The first-order valence-electron chi connectivity index (χ1n) is 3.50. The van der Waals surface area contributed by atoms with Crippen LogP contribution in [0.1, 0.15) is 20.3 Å². The van der Waals surface area contributed by atoms with Gasteiger partial charge in [0.15, 0.2) is 0 Å². The van der Waals surface area contributed by atoms with Gasteiger partial charge in [-0.2, -0.15) is 0 Å². The second kappa shape index (κ2) is 3.80. The minimum atomic E-state index is -1.06. The second-order valence-electron chi connectivity index (χ2n) is 3.06. The lowest BCUT2D eigenvalue weighted by Gasteiger charge is -2.30.